The zero-order chi connectivity index (χ0) is 23.9. The van der Waals surface area contributed by atoms with Crippen molar-refractivity contribution in [2.45, 2.75) is 78.5 Å². The van der Waals surface area contributed by atoms with Crippen LogP contribution in [0.3, 0.4) is 0 Å². The molecule has 0 saturated carbocycles. The average molecular weight is 465 g/mol. The molecule has 1 heterocycles. The van der Waals surface area contributed by atoms with Gasteiger partial charge in [-0.05, 0) is 63.9 Å². The van der Waals surface area contributed by atoms with Gasteiger partial charge in [0.1, 0.15) is 5.60 Å². The number of thiophene rings is 1. The first-order valence-corrected chi connectivity index (χ1v) is 11.9. The van der Waals surface area contributed by atoms with Crippen LogP contribution in [0.25, 0.3) is 10.1 Å². The van der Waals surface area contributed by atoms with Crippen molar-refractivity contribution in [3.05, 3.63) is 35.2 Å². The molecule has 0 spiro atoms. The summed E-state index contributed by atoms with van der Waals surface area (Å²) in [6, 6.07) is 6.62. The third-order valence-corrected chi connectivity index (χ3v) is 5.87. The number of nitrogens with zero attached hydrogens (tertiary/aromatic N) is 1. The molecule has 2 rings (SSSR count). The molecule has 0 saturated heterocycles. The maximum Gasteiger partial charge on any atom is 0.308 e. The van der Waals surface area contributed by atoms with E-state index in [4.69, 9.17) is 19.9 Å². The van der Waals surface area contributed by atoms with E-state index in [2.05, 4.69) is 6.07 Å². The van der Waals surface area contributed by atoms with Gasteiger partial charge in [0.05, 0.1) is 18.5 Å². The number of carbonyl (C=O) groups excluding carboxylic acids is 2. The van der Waals surface area contributed by atoms with Crippen LogP contribution in [0.1, 0.15) is 53.5 Å². The van der Waals surface area contributed by atoms with Gasteiger partial charge in [0.2, 0.25) is 5.91 Å². The van der Waals surface area contributed by atoms with Crippen LogP contribution >= 0.6 is 11.3 Å². The Balaban J connectivity index is 2.29. The molecule has 0 aliphatic heterocycles. The molecule has 0 fully saturated rings. The highest BCUT2D eigenvalue weighted by molar-refractivity contribution is 7.17. The highest BCUT2D eigenvalue weighted by Gasteiger charge is 2.33. The van der Waals surface area contributed by atoms with E-state index in [0.717, 1.165) is 15.6 Å². The quantitative estimate of drug-likeness (QED) is 0.398. The Hall–Kier alpha value is -2.00. The van der Waals surface area contributed by atoms with Gasteiger partial charge in [-0.25, -0.2) is 0 Å². The fourth-order valence-corrected chi connectivity index (χ4v) is 4.38. The summed E-state index contributed by atoms with van der Waals surface area (Å²) in [5.41, 5.74) is 6.57. The van der Waals surface area contributed by atoms with Gasteiger partial charge in [-0.3, -0.25) is 9.59 Å². The van der Waals surface area contributed by atoms with Gasteiger partial charge in [-0.2, -0.15) is 0 Å². The van der Waals surface area contributed by atoms with E-state index in [1.807, 2.05) is 44.4 Å². The summed E-state index contributed by atoms with van der Waals surface area (Å²) in [6.45, 7) is 12.2. The van der Waals surface area contributed by atoms with Crippen LogP contribution in [0.5, 0.6) is 0 Å². The third kappa shape index (κ3) is 7.27. The number of esters is 1. The highest BCUT2D eigenvalue weighted by atomic mass is 32.1. The fraction of sp³-hybridized carbons (Fsp3) is 0.583. The first kappa shape index (κ1) is 26.3. The van der Waals surface area contributed by atoms with E-state index in [9.17, 15) is 9.59 Å². The Morgan fingerprint density at radius 1 is 1.12 bits per heavy atom. The van der Waals surface area contributed by atoms with Gasteiger partial charge < -0.3 is 24.8 Å². The van der Waals surface area contributed by atoms with E-state index >= 15 is 0 Å². The molecule has 8 heteroatoms. The van der Waals surface area contributed by atoms with Crippen molar-refractivity contribution in [2.24, 2.45) is 5.73 Å². The van der Waals surface area contributed by atoms with E-state index < -0.39 is 29.9 Å². The Morgan fingerprint density at radius 3 is 2.34 bits per heavy atom. The number of amides is 1. The van der Waals surface area contributed by atoms with Crippen molar-refractivity contribution in [3.8, 4) is 0 Å². The second kappa shape index (κ2) is 11.7. The monoisotopic (exact) mass is 464 g/mol. The minimum Gasteiger partial charge on any atom is -0.460 e. The number of benzene rings is 1. The van der Waals surface area contributed by atoms with Crippen molar-refractivity contribution in [2.75, 3.05) is 13.2 Å². The molecule has 1 aromatic heterocycles. The first-order chi connectivity index (χ1) is 15.1. The molecule has 0 bridgehead atoms. The lowest BCUT2D eigenvalue weighted by Crippen LogP contribution is -2.53. The van der Waals surface area contributed by atoms with Crippen molar-refractivity contribution >= 4 is 33.3 Å². The lowest BCUT2D eigenvalue weighted by atomic mass is 10.1. The molecule has 178 valence electrons. The molecule has 0 unspecified atom stereocenters. The number of hydrogen-bond donors (Lipinski definition) is 1. The molecule has 1 amide bonds. The SMILES string of the molecule is CCOC(OCC)[C@@H](C)N(Cc1csc2ccccc12)C(=O)[C@@H](N)CC(=O)OC(C)(C)C. The average Bonchev–Trinajstić information content (AvgIpc) is 3.12. The number of fused-ring (bicyclic) bond motifs is 1. The minimum atomic E-state index is -1.03. The minimum absolute atomic E-state index is 0.197. The Kier molecular flexibility index (Phi) is 9.64. The van der Waals surface area contributed by atoms with Gasteiger partial charge in [0.15, 0.2) is 6.29 Å². The van der Waals surface area contributed by atoms with Crippen LogP contribution in [0.4, 0.5) is 0 Å². The smallest absolute Gasteiger partial charge is 0.308 e. The van der Waals surface area contributed by atoms with Crippen LogP contribution in [0.2, 0.25) is 0 Å². The van der Waals surface area contributed by atoms with Crippen molar-refractivity contribution in [1.82, 2.24) is 4.90 Å². The molecule has 2 N–H and O–H groups in total. The van der Waals surface area contributed by atoms with E-state index in [-0.39, 0.29) is 12.3 Å². The van der Waals surface area contributed by atoms with Crippen LogP contribution in [-0.4, -0.2) is 54.0 Å². The largest absolute Gasteiger partial charge is 0.460 e. The summed E-state index contributed by atoms with van der Waals surface area (Å²) in [5, 5.41) is 3.14. The second-order valence-corrected chi connectivity index (χ2v) is 9.55. The van der Waals surface area contributed by atoms with Crippen molar-refractivity contribution in [3.63, 3.8) is 0 Å². The zero-order valence-corrected chi connectivity index (χ0v) is 20.7. The Bertz CT molecular complexity index is 886. The molecule has 1 aromatic carbocycles. The predicted molar refractivity (Wildman–Crippen MR) is 127 cm³/mol. The summed E-state index contributed by atoms with van der Waals surface area (Å²) in [7, 11) is 0. The number of ether oxygens (including phenoxy) is 3. The zero-order valence-electron chi connectivity index (χ0n) is 19.9. The Morgan fingerprint density at radius 2 is 1.75 bits per heavy atom. The van der Waals surface area contributed by atoms with E-state index in [1.165, 1.54) is 0 Å². The summed E-state index contributed by atoms with van der Waals surface area (Å²) in [6.07, 6.45) is -0.801. The standard InChI is InChI=1S/C24H36N2O5S/c1-7-29-23(30-8-2)16(3)26(14-17-15-32-20-12-10-9-11-18(17)20)22(28)19(25)13-21(27)31-24(4,5)6/h9-12,15-16,19,23H,7-8,13-14,25H2,1-6H3/t16-,19+/m1/s1. The van der Waals surface area contributed by atoms with Crippen molar-refractivity contribution < 1.29 is 23.8 Å². The molecule has 7 nitrogen and oxygen atoms in total. The molecular formula is C24H36N2O5S. The van der Waals surface area contributed by atoms with E-state index in [0.29, 0.717) is 19.8 Å². The fourth-order valence-electron chi connectivity index (χ4n) is 3.43. The number of hydrogen-bond acceptors (Lipinski definition) is 7. The summed E-state index contributed by atoms with van der Waals surface area (Å²) < 4.78 is 18.0. The lowest BCUT2D eigenvalue weighted by molar-refractivity contribution is -0.180. The van der Waals surface area contributed by atoms with Crippen LogP contribution < -0.4 is 5.73 Å². The Labute approximate surface area is 194 Å². The molecule has 0 radical (unpaired) electrons. The maximum atomic E-state index is 13.4. The normalized spacial score (nSPS) is 13.9. The first-order valence-electron chi connectivity index (χ1n) is 11.0. The van der Waals surface area contributed by atoms with Gasteiger partial charge >= 0.3 is 5.97 Å². The van der Waals surface area contributed by atoms with Crippen LogP contribution in [-0.2, 0) is 30.3 Å². The number of nitrogens with two attached hydrogens (primary N) is 1. The number of rotatable bonds is 11. The van der Waals surface area contributed by atoms with Gasteiger partial charge in [-0.15, -0.1) is 11.3 Å². The predicted octanol–water partition coefficient (Wildman–Crippen LogP) is 4.08. The van der Waals surface area contributed by atoms with Crippen LogP contribution in [0.15, 0.2) is 29.6 Å². The maximum absolute atomic E-state index is 13.4. The molecule has 2 aromatic rings. The topological polar surface area (TPSA) is 91.1 Å². The summed E-state index contributed by atoms with van der Waals surface area (Å²) in [4.78, 5) is 27.4. The lowest BCUT2D eigenvalue weighted by Gasteiger charge is -2.35. The molecule has 32 heavy (non-hydrogen) atoms. The van der Waals surface area contributed by atoms with E-state index in [1.54, 1.807) is 37.0 Å². The van der Waals surface area contributed by atoms with Gasteiger partial charge in [-0.1, -0.05) is 18.2 Å². The van der Waals surface area contributed by atoms with Crippen molar-refractivity contribution in [1.29, 1.82) is 0 Å². The third-order valence-electron chi connectivity index (χ3n) is 4.86. The molecular weight excluding hydrogens is 428 g/mol. The van der Waals surface area contributed by atoms with Gasteiger partial charge in [0, 0.05) is 24.5 Å². The number of carbonyl (C=O) groups is 2. The summed E-state index contributed by atoms with van der Waals surface area (Å²) >= 11 is 1.63. The molecule has 2 atom stereocenters. The van der Waals surface area contributed by atoms with Gasteiger partial charge in [0.25, 0.3) is 0 Å². The summed E-state index contributed by atoms with van der Waals surface area (Å²) in [5.74, 6) is -0.846. The molecule has 0 aliphatic rings. The molecule has 0 aliphatic carbocycles. The highest BCUT2D eigenvalue weighted by Crippen LogP contribution is 2.28. The second-order valence-electron chi connectivity index (χ2n) is 8.64. The van der Waals surface area contributed by atoms with Crippen LogP contribution in [0, 0.1) is 0 Å².